The lowest BCUT2D eigenvalue weighted by Gasteiger charge is -2.35. The first-order valence-corrected chi connectivity index (χ1v) is 22.6. The summed E-state index contributed by atoms with van der Waals surface area (Å²) >= 11 is 0. The Labute approximate surface area is 478 Å². The summed E-state index contributed by atoms with van der Waals surface area (Å²) in [5.41, 5.74) is -3.90. The van der Waals surface area contributed by atoms with E-state index in [-0.39, 0.29) is 262 Å². The van der Waals surface area contributed by atoms with Gasteiger partial charge in [0.1, 0.15) is 220 Å². The van der Waals surface area contributed by atoms with E-state index in [0.717, 1.165) is 0 Å². The van der Waals surface area contributed by atoms with Crippen molar-refractivity contribution in [2.24, 2.45) is 0 Å². The van der Waals surface area contributed by atoms with Crippen molar-refractivity contribution < 1.29 is 0 Å². The van der Waals surface area contributed by atoms with Gasteiger partial charge >= 0.3 is 0 Å². The lowest BCUT2D eigenvalue weighted by atomic mass is 9.54. The third kappa shape index (κ3) is 6.32. The fourth-order valence-electron chi connectivity index (χ4n) is 11.8. The molecule has 0 fully saturated rings. The van der Waals surface area contributed by atoms with Gasteiger partial charge in [-0.15, -0.1) is 21.9 Å². The Kier molecular flexibility index (Phi) is 12.4. The van der Waals surface area contributed by atoms with E-state index in [1.54, 1.807) is 0 Å². The van der Waals surface area contributed by atoms with Crippen molar-refractivity contribution in [1.82, 2.24) is 0 Å². The molecule has 0 heterocycles. The van der Waals surface area contributed by atoms with Crippen LogP contribution in [0.1, 0.15) is 0 Å². The quantitative estimate of drug-likeness (QED) is 0.123. The van der Waals surface area contributed by atoms with Crippen LogP contribution in [0.3, 0.4) is 0 Å². The Bertz CT molecular complexity index is 4610. The summed E-state index contributed by atoms with van der Waals surface area (Å²) < 4.78 is 0. The Morgan fingerprint density at radius 2 is 0.224 bits per heavy atom. The first-order valence-electron chi connectivity index (χ1n) is 22.6. The SMILES string of the molecule is [B]c1c([B])c(-c2c([B])c([B])c3c([B])c([B])c([B])c([B])c3c2[B])c(-c2c([B])c([B])c3c([B])c([B])c4c([B])c([B])c([B])c5c([B])c([B])c2c3c45)c([B])c1-c1c([B])c([B])c2c([B])c([B])c3c([B])c([B])c([B])c4c([B])c([B])c1c2c34. The van der Waals surface area contributed by atoms with Gasteiger partial charge in [-0.25, -0.2) is 0 Å². The number of benzene rings is 11. The van der Waals surface area contributed by atoms with Crippen molar-refractivity contribution in [2.45, 2.75) is 0 Å². The second-order valence-electron chi connectivity index (χ2n) is 19.1. The van der Waals surface area contributed by atoms with Gasteiger partial charge in [0.2, 0.25) is 0 Å². The molecular weight excluding hydrogens is 879 g/mol. The van der Waals surface area contributed by atoms with Gasteiger partial charge in [0, 0.05) is 0 Å². The van der Waals surface area contributed by atoms with Crippen LogP contribution in [0.25, 0.3) is 109 Å². The van der Waals surface area contributed by atoms with Gasteiger partial charge in [-0.1, -0.05) is 131 Å². The summed E-state index contributed by atoms with van der Waals surface area (Å²) in [5, 5.41) is 2.17. The van der Waals surface area contributed by atoms with Crippen LogP contribution < -0.4 is 153 Å². The van der Waals surface area contributed by atoms with Gasteiger partial charge < -0.3 is 0 Å². The van der Waals surface area contributed by atoms with Crippen LogP contribution in [0, 0.1) is 0 Å². The standard InChI is InChI=1S/C48B28/c49-21-7(8-5-1-3-13(30(58)23(5)51)39(67)45(73)41(69)15(3)34(62)32(60)11(1)28(56)25(8)53)10(18-22(50)19-20(38(66)37(18)65)44(72)48(76)47(75)43(19)71)27(55)36(64)17(21)9-6-2-4-14(31(59)24(6)52)40(68)46(74)42(70)16(4)35(63)33(61)12(2)29(57)26(9)54. The molecule has 11 aromatic carbocycles. The molecule has 0 saturated heterocycles. The lowest BCUT2D eigenvalue weighted by molar-refractivity contribution is 1.77. The summed E-state index contributed by atoms with van der Waals surface area (Å²) in [6, 6.07) is 0. The fourth-order valence-corrected chi connectivity index (χ4v) is 11.8. The van der Waals surface area contributed by atoms with Crippen molar-refractivity contribution in [1.29, 1.82) is 0 Å². The largest absolute Gasteiger partial charge is 0.115 e. The van der Waals surface area contributed by atoms with Crippen molar-refractivity contribution in [3.05, 3.63) is 0 Å². The number of fused-ring (bicyclic) bond motifs is 1. The van der Waals surface area contributed by atoms with E-state index < -0.39 is 0 Å². The van der Waals surface area contributed by atoms with Crippen LogP contribution >= 0.6 is 0 Å². The molecular formula is C48B28. The van der Waals surface area contributed by atoms with E-state index in [9.17, 15) is 0 Å². The molecule has 0 aromatic heterocycles. The summed E-state index contributed by atoms with van der Waals surface area (Å²) in [4.78, 5) is 0. The number of rotatable bonds is 3. The highest BCUT2D eigenvalue weighted by Gasteiger charge is 2.32. The minimum atomic E-state index is -0.299. The summed E-state index contributed by atoms with van der Waals surface area (Å²) in [5.74, 6) is 0. The molecule has 0 saturated carbocycles. The molecule has 0 nitrogen and oxygen atoms in total. The van der Waals surface area contributed by atoms with Gasteiger partial charge in [0.15, 0.2) is 0 Å². The second kappa shape index (κ2) is 17.5. The molecule has 0 aliphatic rings. The molecule has 11 aromatic rings. The molecule has 276 valence electrons. The van der Waals surface area contributed by atoms with Crippen LogP contribution in [0.15, 0.2) is 0 Å². The fraction of sp³-hybridized carbons (Fsp3) is 0. The predicted octanol–water partition coefficient (Wildman–Crippen LogP) is -20.1. The molecule has 0 N–H and O–H groups in total. The van der Waals surface area contributed by atoms with Gasteiger partial charge in [-0.2, -0.15) is 0 Å². The topological polar surface area (TPSA) is 0 Å². The maximum absolute atomic E-state index is 7.74. The summed E-state index contributed by atoms with van der Waals surface area (Å²) in [6.07, 6.45) is 0. The van der Waals surface area contributed by atoms with Crippen LogP contribution in [0.5, 0.6) is 0 Å². The zero-order valence-corrected chi connectivity index (χ0v) is 40.2. The molecule has 0 atom stereocenters. The Morgan fingerprint density at radius 3 is 0.539 bits per heavy atom. The molecule has 0 aliphatic carbocycles. The number of hydrogen-bond acceptors (Lipinski definition) is 0. The van der Waals surface area contributed by atoms with E-state index >= 15 is 0 Å². The van der Waals surface area contributed by atoms with Crippen molar-refractivity contribution >= 4 is 448 Å². The Hall–Kier alpha value is -4.42. The zero-order valence-electron chi connectivity index (χ0n) is 40.2. The van der Waals surface area contributed by atoms with Gasteiger partial charge in [-0.05, 0) is 109 Å². The lowest BCUT2D eigenvalue weighted by Crippen LogP contribution is -2.52. The molecule has 76 heavy (non-hydrogen) atoms. The van der Waals surface area contributed by atoms with Crippen LogP contribution in [-0.2, 0) is 0 Å². The van der Waals surface area contributed by atoms with Gasteiger partial charge in [-0.3, -0.25) is 0 Å². The monoisotopic (exact) mass is 884 g/mol. The molecule has 0 bridgehead atoms. The van der Waals surface area contributed by atoms with Crippen LogP contribution in [0.2, 0.25) is 0 Å². The van der Waals surface area contributed by atoms with Crippen LogP contribution in [0.4, 0.5) is 0 Å². The first kappa shape index (κ1) is 53.6. The predicted molar refractivity (Wildman–Crippen MR) is 359 cm³/mol. The normalized spacial score (nSPS) is 12.1. The highest BCUT2D eigenvalue weighted by atomic mass is 14.3. The van der Waals surface area contributed by atoms with E-state index in [2.05, 4.69) is 0 Å². The second-order valence-corrected chi connectivity index (χ2v) is 19.1. The van der Waals surface area contributed by atoms with Gasteiger partial charge in [0.05, 0.1) is 0 Å². The minimum absolute atomic E-state index is 0.00914. The number of hydrogen-bond donors (Lipinski definition) is 0. The van der Waals surface area contributed by atoms with Crippen molar-refractivity contribution in [3.8, 4) is 33.4 Å². The van der Waals surface area contributed by atoms with Crippen molar-refractivity contribution in [2.75, 3.05) is 0 Å². The summed E-state index contributed by atoms with van der Waals surface area (Å²) in [7, 11) is 194. The molecule has 0 aliphatic heterocycles. The third-order valence-corrected chi connectivity index (χ3v) is 15.6. The van der Waals surface area contributed by atoms with E-state index in [0.29, 0.717) is 0 Å². The molecule has 11 rings (SSSR count). The Morgan fingerprint density at radius 1 is 0.0789 bits per heavy atom. The zero-order chi connectivity index (χ0) is 55.7. The molecule has 0 spiro atoms. The maximum Gasteiger partial charge on any atom is 0.115 e. The van der Waals surface area contributed by atoms with E-state index in [1.165, 1.54) is 0 Å². The smallest absolute Gasteiger partial charge is 0.110 e. The highest BCUT2D eigenvalue weighted by molar-refractivity contribution is 6.79. The Balaban J connectivity index is 1.47. The molecule has 0 unspecified atom stereocenters. The average Bonchev–Trinajstić information content (AvgIpc) is 3.19. The van der Waals surface area contributed by atoms with Crippen molar-refractivity contribution in [3.63, 3.8) is 0 Å². The third-order valence-electron chi connectivity index (χ3n) is 15.6. The highest BCUT2D eigenvalue weighted by Crippen LogP contribution is 2.39. The van der Waals surface area contributed by atoms with Crippen LogP contribution in [-0.4, -0.2) is 220 Å². The first-order chi connectivity index (χ1) is 35.5. The minimum Gasteiger partial charge on any atom is -0.110 e. The molecule has 56 radical (unpaired) electrons. The maximum atomic E-state index is 7.74. The van der Waals surface area contributed by atoms with Gasteiger partial charge in [0.25, 0.3) is 0 Å². The average molecular weight is 879 g/mol. The van der Waals surface area contributed by atoms with E-state index in [4.69, 9.17) is 220 Å². The molecule has 0 amide bonds. The molecule has 28 heteroatoms. The van der Waals surface area contributed by atoms with E-state index in [1.807, 2.05) is 0 Å². The summed E-state index contributed by atoms with van der Waals surface area (Å²) in [6.45, 7) is 0.